The second-order valence-corrected chi connectivity index (χ2v) is 5.21. The summed E-state index contributed by atoms with van der Waals surface area (Å²) in [7, 11) is 0. The molecular weight excluding hydrogens is 246 g/mol. The van der Waals surface area contributed by atoms with Crippen LogP contribution >= 0.6 is 0 Å². The van der Waals surface area contributed by atoms with Crippen molar-refractivity contribution in [1.82, 2.24) is 14.9 Å². The van der Waals surface area contributed by atoms with Gasteiger partial charge >= 0.3 is 0 Å². The van der Waals surface area contributed by atoms with E-state index in [2.05, 4.69) is 15.4 Å². The summed E-state index contributed by atoms with van der Waals surface area (Å²) < 4.78 is 0. The monoisotopic (exact) mass is 263 g/mol. The first-order valence-electron chi connectivity index (χ1n) is 6.45. The molecule has 7 nitrogen and oxygen atoms in total. The van der Waals surface area contributed by atoms with Gasteiger partial charge in [0.2, 0.25) is 0 Å². The molecule has 3 atom stereocenters. The summed E-state index contributed by atoms with van der Waals surface area (Å²) >= 11 is 0. The summed E-state index contributed by atoms with van der Waals surface area (Å²) in [4.78, 5) is 22.1. The molecule has 1 amide bonds. The minimum atomic E-state index is -0.266. The largest absolute Gasteiger partial charge is 0.393 e. The van der Waals surface area contributed by atoms with Gasteiger partial charge in [0.15, 0.2) is 5.82 Å². The Balaban J connectivity index is 1.71. The number of nitrogen functional groups attached to an aromatic ring is 1. The third kappa shape index (κ3) is 2.15. The molecule has 0 bridgehead atoms. The Morgan fingerprint density at radius 1 is 1.37 bits per heavy atom. The standard InChI is InChI=1S/C12H17N5O2/c13-16-11-4-14-9(3-15-11)12(19)17-5-7-1-2-10(18)8(7)6-17/h3-4,7-8,10,18H,1-2,5-6,13H2,(H,15,16). The second kappa shape index (κ2) is 4.75. The number of rotatable bonds is 2. The van der Waals surface area contributed by atoms with Crippen molar-refractivity contribution >= 4 is 11.7 Å². The molecule has 0 aromatic carbocycles. The summed E-state index contributed by atoms with van der Waals surface area (Å²) in [6, 6.07) is 0. The van der Waals surface area contributed by atoms with Crippen molar-refractivity contribution in [2.24, 2.45) is 17.7 Å². The number of nitrogens with two attached hydrogens (primary N) is 1. The van der Waals surface area contributed by atoms with E-state index >= 15 is 0 Å². The van der Waals surface area contributed by atoms with Crippen molar-refractivity contribution in [3.05, 3.63) is 18.1 Å². The van der Waals surface area contributed by atoms with Crippen molar-refractivity contribution < 1.29 is 9.90 Å². The van der Waals surface area contributed by atoms with Crippen molar-refractivity contribution in [2.45, 2.75) is 18.9 Å². The van der Waals surface area contributed by atoms with E-state index in [-0.39, 0.29) is 17.9 Å². The first-order chi connectivity index (χ1) is 9.19. The zero-order valence-corrected chi connectivity index (χ0v) is 10.5. The molecule has 7 heteroatoms. The summed E-state index contributed by atoms with van der Waals surface area (Å²) in [6.45, 7) is 1.32. The predicted molar refractivity (Wildman–Crippen MR) is 68.0 cm³/mol. The molecule has 19 heavy (non-hydrogen) atoms. The number of likely N-dealkylation sites (tertiary alicyclic amines) is 1. The van der Waals surface area contributed by atoms with Gasteiger partial charge in [0.05, 0.1) is 18.5 Å². The molecule has 1 aliphatic carbocycles. The third-order valence-corrected chi connectivity index (χ3v) is 4.13. The Labute approximate surface area is 110 Å². The number of hydrazine groups is 1. The minimum Gasteiger partial charge on any atom is -0.393 e. The van der Waals surface area contributed by atoms with Gasteiger partial charge in [0.1, 0.15) is 5.69 Å². The molecule has 3 rings (SSSR count). The molecule has 3 unspecified atom stereocenters. The maximum absolute atomic E-state index is 12.3. The fourth-order valence-electron chi connectivity index (χ4n) is 3.08. The molecule has 1 saturated heterocycles. The third-order valence-electron chi connectivity index (χ3n) is 4.13. The van der Waals surface area contributed by atoms with E-state index in [0.717, 1.165) is 12.8 Å². The van der Waals surface area contributed by atoms with Gasteiger partial charge in [-0.1, -0.05) is 0 Å². The van der Waals surface area contributed by atoms with Gasteiger partial charge in [-0.05, 0) is 18.8 Å². The van der Waals surface area contributed by atoms with Crippen LogP contribution in [0.5, 0.6) is 0 Å². The van der Waals surface area contributed by atoms with Crippen LogP contribution in [0.4, 0.5) is 5.82 Å². The highest BCUT2D eigenvalue weighted by atomic mass is 16.3. The number of nitrogens with zero attached hydrogens (tertiary/aromatic N) is 3. The maximum Gasteiger partial charge on any atom is 0.274 e. The number of hydrogen-bond acceptors (Lipinski definition) is 6. The van der Waals surface area contributed by atoms with Crippen LogP contribution < -0.4 is 11.3 Å². The molecule has 1 saturated carbocycles. The number of carbonyl (C=O) groups is 1. The van der Waals surface area contributed by atoms with Crippen LogP contribution in [-0.2, 0) is 0 Å². The molecule has 2 heterocycles. The van der Waals surface area contributed by atoms with Gasteiger partial charge in [-0.3, -0.25) is 4.79 Å². The number of amides is 1. The van der Waals surface area contributed by atoms with Gasteiger partial charge < -0.3 is 15.4 Å². The zero-order chi connectivity index (χ0) is 13.4. The molecule has 2 fully saturated rings. The highest BCUT2D eigenvalue weighted by molar-refractivity contribution is 5.92. The second-order valence-electron chi connectivity index (χ2n) is 5.21. The topological polar surface area (TPSA) is 104 Å². The number of anilines is 1. The quantitative estimate of drug-likeness (QED) is 0.495. The minimum absolute atomic E-state index is 0.127. The van der Waals surface area contributed by atoms with Crippen molar-refractivity contribution in [3.8, 4) is 0 Å². The van der Waals surface area contributed by atoms with Crippen LogP contribution in [0.25, 0.3) is 0 Å². The fourth-order valence-corrected chi connectivity index (χ4v) is 3.08. The molecule has 1 aromatic heterocycles. The summed E-state index contributed by atoms with van der Waals surface area (Å²) in [5.41, 5.74) is 2.68. The Bertz CT molecular complexity index is 478. The Hall–Kier alpha value is -1.73. The first-order valence-corrected chi connectivity index (χ1v) is 6.45. The first kappa shape index (κ1) is 12.3. The zero-order valence-electron chi connectivity index (χ0n) is 10.5. The average Bonchev–Trinajstić information content (AvgIpc) is 3.01. The molecule has 0 radical (unpaired) electrons. The van der Waals surface area contributed by atoms with Gasteiger partial charge in [-0.15, -0.1) is 0 Å². The Morgan fingerprint density at radius 3 is 2.84 bits per heavy atom. The van der Waals surface area contributed by atoms with E-state index < -0.39 is 0 Å². The number of fused-ring (bicyclic) bond motifs is 1. The summed E-state index contributed by atoms with van der Waals surface area (Å²) in [5.74, 6) is 6.15. The maximum atomic E-state index is 12.3. The molecule has 2 aliphatic rings. The molecule has 0 spiro atoms. The van der Waals surface area contributed by atoms with Gasteiger partial charge in [-0.2, -0.15) is 0 Å². The van der Waals surface area contributed by atoms with Crippen LogP contribution in [0.15, 0.2) is 12.4 Å². The Kier molecular flexibility index (Phi) is 3.08. The number of aliphatic hydroxyl groups is 1. The van der Waals surface area contributed by atoms with Gasteiger partial charge in [0.25, 0.3) is 5.91 Å². The molecule has 102 valence electrons. The van der Waals surface area contributed by atoms with Crippen LogP contribution in [0.3, 0.4) is 0 Å². The van der Waals surface area contributed by atoms with Crippen molar-refractivity contribution in [2.75, 3.05) is 18.5 Å². The highest BCUT2D eigenvalue weighted by Crippen LogP contribution is 2.38. The molecule has 4 N–H and O–H groups in total. The van der Waals surface area contributed by atoms with E-state index in [4.69, 9.17) is 5.84 Å². The lowest BCUT2D eigenvalue weighted by atomic mass is 10.00. The lowest BCUT2D eigenvalue weighted by molar-refractivity contribution is 0.0746. The van der Waals surface area contributed by atoms with E-state index in [0.29, 0.717) is 30.5 Å². The lowest BCUT2D eigenvalue weighted by Gasteiger charge is -2.17. The van der Waals surface area contributed by atoms with E-state index in [1.54, 1.807) is 4.90 Å². The predicted octanol–water partition coefficient (Wildman–Crippen LogP) is -0.395. The van der Waals surface area contributed by atoms with Crippen LogP contribution in [0.2, 0.25) is 0 Å². The van der Waals surface area contributed by atoms with Crippen LogP contribution in [-0.4, -0.2) is 45.1 Å². The van der Waals surface area contributed by atoms with Crippen LogP contribution in [0.1, 0.15) is 23.3 Å². The number of carbonyl (C=O) groups excluding carboxylic acids is 1. The normalized spacial score (nSPS) is 29.4. The van der Waals surface area contributed by atoms with E-state index in [9.17, 15) is 9.90 Å². The van der Waals surface area contributed by atoms with Gasteiger partial charge in [-0.25, -0.2) is 15.8 Å². The number of hydrogen-bond donors (Lipinski definition) is 3. The Morgan fingerprint density at radius 2 is 2.21 bits per heavy atom. The summed E-state index contributed by atoms with van der Waals surface area (Å²) in [6.07, 6.45) is 4.43. The van der Waals surface area contributed by atoms with Crippen molar-refractivity contribution in [1.29, 1.82) is 0 Å². The highest BCUT2D eigenvalue weighted by Gasteiger charge is 2.43. The number of aliphatic hydroxyl groups excluding tert-OH is 1. The van der Waals surface area contributed by atoms with E-state index in [1.165, 1.54) is 12.4 Å². The lowest BCUT2D eigenvalue weighted by Crippen LogP contribution is -2.31. The number of aromatic nitrogens is 2. The SMILES string of the molecule is NNc1cnc(C(=O)N2CC3CCC(O)C3C2)cn1. The van der Waals surface area contributed by atoms with Gasteiger partial charge in [0, 0.05) is 19.0 Å². The van der Waals surface area contributed by atoms with Crippen molar-refractivity contribution in [3.63, 3.8) is 0 Å². The fraction of sp³-hybridized carbons (Fsp3) is 0.583. The van der Waals surface area contributed by atoms with E-state index in [1.807, 2.05) is 0 Å². The number of nitrogens with one attached hydrogen (secondary N) is 1. The summed E-state index contributed by atoms with van der Waals surface area (Å²) in [5, 5.41) is 9.85. The average molecular weight is 263 g/mol. The molecular formula is C12H17N5O2. The molecule has 1 aromatic rings. The molecule has 1 aliphatic heterocycles. The smallest absolute Gasteiger partial charge is 0.274 e. The van der Waals surface area contributed by atoms with Crippen LogP contribution in [0, 0.1) is 11.8 Å².